The number of nitrogens with one attached hydrogen (secondary N) is 1. The fourth-order valence-corrected chi connectivity index (χ4v) is 2.29. The monoisotopic (exact) mass is 264 g/mol. The van der Waals surface area contributed by atoms with Crippen LogP contribution in [0.5, 0.6) is 0 Å². The minimum absolute atomic E-state index is 0.0104. The van der Waals surface area contributed by atoms with Gasteiger partial charge in [0.2, 0.25) is 11.8 Å². The van der Waals surface area contributed by atoms with Gasteiger partial charge in [-0.05, 0) is 13.3 Å². The SMILES string of the molecule is CCC1(C)NC(=O)CN(CCc2nccn2C)C1=O. The van der Waals surface area contributed by atoms with Crippen molar-refractivity contribution < 1.29 is 9.59 Å². The quantitative estimate of drug-likeness (QED) is 0.838. The molecular formula is C13H20N4O2. The van der Waals surface area contributed by atoms with Crippen molar-refractivity contribution in [3.8, 4) is 0 Å². The van der Waals surface area contributed by atoms with Crippen molar-refractivity contribution in [1.29, 1.82) is 0 Å². The van der Waals surface area contributed by atoms with Gasteiger partial charge in [-0.25, -0.2) is 4.98 Å². The van der Waals surface area contributed by atoms with Crippen molar-refractivity contribution in [2.24, 2.45) is 7.05 Å². The number of piperazine rings is 1. The molecule has 1 saturated heterocycles. The predicted molar refractivity (Wildman–Crippen MR) is 70.3 cm³/mol. The summed E-state index contributed by atoms with van der Waals surface area (Å²) in [6.45, 7) is 4.34. The molecule has 2 amide bonds. The lowest BCUT2D eigenvalue weighted by atomic mass is 9.94. The molecule has 1 N–H and O–H groups in total. The maximum absolute atomic E-state index is 12.4. The smallest absolute Gasteiger partial charge is 0.248 e. The van der Waals surface area contributed by atoms with Gasteiger partial charge in [-0.1, -0.05) is 6.92 Å². The number of hydrogen-bond acceptors (Lipinski definition) is 3. The van der Waals surface area contributed by atoms with E-state index in [4.69, 9.17) is 0 Å². The number of carbonyl (C=O) groups excluding carboxylic acids is 2. The van der Waals surface area contributed by atoms with Crippen molar-refractivity contribution in [3.05, 3.63) is 18.2 Å². The minimum atomic E-state index is -0.767. The lowest BCUT2D eigenvalue weighted by Gasteiger charge is -2.39. The molecule has 2 rings (SSSR count). The van der Waals surface area contributed by atoms with E-state index in [1.807, 2.05) is 24.7 Å². The van der Waals surface area contributed by atoms with Crippen molar-refractivity contribution in [2.45, 2.75) is 32.2 Å². The third-order valence-corrected chi connectivity index (χ3v) is 3.74. The van der Waals surface area contributed by atoms with Crippen LogP contribution in [0, 0.1) is 0 Å². The zero-order valence-electron chi connectivity index (χ0n) is 11.6. The largest absolute Gasteiger partial charge is 0.340 e. The molecule has 2 heterocycles. The molecule has 0 aliphatic carbocycles. The van der Waals surface area contributed by atoms with Gasteiger partial charge in [-0.3, -0.25) is 9.59 Å². The van der Waals surface area contributed by atoms with Crippen LogP contribution in [0.3, 0.4) is 0 Å². The van der Waals surface area contributed by atoms with Gasteiger partial charge in [-0.15, -0.1) is 0 Å². The molecule has 19 heavy (non-hydrogen) atoms. The van der Waals surface area contributed by atoms with E-state index in [0.29, 0.717) is 19.4 Å². The number of imidazole rings is 1. The summed E-state index contributed by atoms with van der Waals surface area (Å²) in [5.41, 5.74) is -0.767. The van der Waals surface area contributed by atoms with Crippen molar-refractivity contribution in [1.82, 2.24) is 19.8 Å². The molecule has 0 radical (unpaired) electrons. The Balaban J connectivity index is 2.05. The molecule has 1 atom stereocenters. The highest BCUT2D eigenvalue weighted by Crippen LogP contribution is 2.17. The topological polar surface area (TPSA) is 67.2 Å². The van der Waals surface area contributed by atoms with Gasteiger partial charge in [-0.2, -0.15) is 0 Å². The van der Waals surface area contributed by atoms with E-state index in [2.05, 4.69) is 10.3 Å². The second-order valence-electron chi connectivity index (χ2n) is 5.16. The number of amides is 2. The van der Waals surface area contributed by atoms with E-state index in [9.17, 15) is 9.59 Å². The Labute approximate surface area is 112 Å². The molecule has 1 unspecified atom stereocenters. The average Bonchev–Trinajstić information content (AvgIpc) is 2.77. The number of nitrogens with zero attached hydrogens (tertiary/aromatic N) is 3. The van der Waals surface area contributed by atoms with Crippen molar-refractivity contribution >= 4 is 11.8 Å². The van der Waals surface area contributed by atoms with Crippen LogP contribution in [0.15, 0.2) is 12.4 Å². The normalized spacial score (nSPS) is 23.6. The molecule has 1 fully saturated rings. The Morgan fingerprint density at radius 2 is 2.21 bits per heavy atom. The van der Waals surface area contributed by atoms with Crippen LogP contribution in [0.1, 0.15) is 26.1 Å². The van der Waals surface area contributed by atoms with E-state index in [1.165, 1.54) is 0 Å². The van der Waals surface area contributed by atoms with Crippen LogP contribution in [0.25, 0.3) is 0 Å². The predicted octanol–water partition coefficient (Wildman–Crippen LogP) is 0.0897. The highest BCUT2D eigenvalue weighted by atomic mass is 16.2. The number of aryl methyl sites for hydroxylation is 1. The first-order valence-electron chi connectivity index (χ1n) is 6.53. The number of hydrogen-bond donors (Lipinski definition) is 1. The summed E-state index contributed by atoms with van der Waals surface area (Å²) in [6, 6.07) is 0. The van der Waals surface area contributed by atoms with Crippen LogP contribution >= 0.6 is 0 Å². The summed E-state index contributed by atoms with van der Waals surface area (Å²) >= 11 is 0. The van der Waals surface area contributed by atoms with Crippen LogP contribution in [-0.4, -0.2) is 44.9 Å². The van der Waals surface area contributed by atoms with Crippen LogP contribution in [0.4, 0.5) is 0 Å². The molecule has 1 aliphatic rings. The highest BCUT2D eigenvalue weighted by molar-refractivity contribution is 5.97. The molecule has 0 bridgehead atoms. The van der Waals surface area contributed by atoms with Gasteiger partial charge in [0.1, 0.15) is 11.4 Å². The molecule has 0 saturated carbocycles. The van der Waals surface area contributed by atoms with E-state index < -0.39 is 5.54 Å². The first-order chi connectivity index (χ1) is 8.96. The van der Waals surface area contributed by atoms with Gasteiger partial charge in [0.15, 0.2) is 0 Å². The zero-order chi connectivity index (χ0) is 14.0. The fraction of sp³-hybridized carbons (Fsp3) is 0.615. The molecule has 6 heteroatoms. The lowest BCUT2D eigenvalue weighted by molar-refractivity contribution is -0.149. The van der Waals surface area contributed by atoms with Gasteiger partial charge >= 0.3 is 0 Å². The third-order valence-electron chi connectivity index (χ3n) is 3.74. The summed E-state index contributed by atoms with van der Waals surface area (Å²) < 4.78 is 1.92. The lowest BCUT2D eigenvalue weighted by Crippen LogP contribution is -2.65. The Bertz CT molecular complexity index is 497. The van der Waals surface area contributed by atoms with Crippen molar-refractivity contribution in [3.63, 3.8) is 0 Å². The van der Waals surface area contributed by atoms with Crippen LogP contribution in [0.2, 0.25) is 0 Å². The highest BCUT2D eigenvalue weighted by Gasteiger charge is 2.41. The summed E-state index contributed by atoms with van der Waals surface area (Å²) in [6.07, 6.45) is 4.85. The van der Waals surface area contributed by atoms with Gasteiger partial charge in [0.25, 0.3) is 0 Å². The Hall–Kier alpha value is -1.85. The minimum Gasteiger partial charge on any atom is -0.340 e. The Morgan fingerprint density at radius 1 is 1.47 bits per heavy atom. The van der Waals surface area contributed by atoms with E-state index in [0.717, 1.165) is 5.82 Å². The van der Waals surface area contributed by atoms with Crippen LogP contribution < -0.4 is 5.32 Å². The second-order valence-corrected chi connectivity index (χ2v) is 5.16. The number of aromatic nitrogens is 2. The summed E-state index contributed by atoms with van der Waals surface area (Å²) in [7, 11) is 1.92. The summed E-state index contributed by atoms with van der Waals surface area (Å²) in [5.74, 6) is 0.810. The molecule has 6 nitrogen and oxygen atoms in total. The zero-order valence-corrected chi connectivity index (χ0v) is 11.6. The molecule has 104 valence electrons. The van der Waals surface area contributed by atoms with E-state index in [1.54, 1.807) is 18.0 Å². The molecule has 0 spiro atoms. The molecule has 1 aromatic heterocycles. The first-order valence-corrected chi connectivity index (χ1v) is 6.53. The standard InChI is InChI=1S/C13H20N4O2/c1-4-13(2)12(19)17(9-11(18)15-13)7-5-10-14-6-8-16(10)3/h6,8H,4-5,7,9H2,1-3H3,(H,15,18). The van der Waals surface area contributed by atoms with Gasteiger partial charge < -0.3 is 14.8 Å². The Morgan fingerprint density at radius 3 is 2.79 bits per heavy atom. The van der Waals surface area contributed by atoms with Gasteiger partial charge in [0.05, 0.1) is 6.54 Å². The van der Waals surface area contributed by atoms with Crippen LogP contribution in [-0.2, 0) is 23.1 Å². The third kappa shape index (κ3) is 2.62. The van der Waals surface area contributed by atoms with E-state index in [-0.39, 0.29) is 18.4 Å². The molecule has 0 aromatic carbocycles. The van der Waals surface area contributed by atoms with E-state index >= 15 is 0 Å². The maximum Gasteiger partial charge on any atom is 0.248 e. The van der Waals surface area contributed by atoms with Gasteiger partial charge in [0, 0.05) is 32.4 Å². The first kappa shape index (κ1) is 13.6. The fourth-order valence-electron chi connectivity index (χ4n) is 2.29. The van der Waals surface area contributed by atoms with Crippen molar-refractivity contribution in [2.75, 3.05) is 13.1 Å². The maximum atomic E-state index is 12.4. The molecular weight excluding hydrogens is 244 g/mol. The second kappa shape index (κ2) is 5.03. The molecule has 1 aromatic rings. The molecule has 1 aliphatic heterocycles. The number of carbonyl (C=O) groups is 2. The summed E-state index contributed by atoms with van der Waals surface area (Å²) in [5, 5.41) is 2.78. The summed E-state index contributed by atoms with van der Waals surface area (Å²) in [4.78, 5) is 29.9. The Kier molecular flexibility index (Phi) is 3.59. The number of rotatable bonds is 4. The average molecular weight is 264 g/mol.